The second-order valence-electron chi connectivity index (χ2n) is 13.9. The Kier molecular flexibility index (Phi) is 9.99. The van der Waals surface area contributed by atoms with Gasteiger partial charge in [0.25, 0.3) is 0 Å². The zero-order valence-corrected chi connectivity index (χ0v) is 25.6. The van der Waals surface area contributed by atoms with E-state index in [4.69, 9.17) is 0 Å². The van der Waals surface area contributed by atoms with Crippen molar-refractivity contribution in [3.8, 4) is 11.5 Å². The van der Waals surface area contributed by atoms with Crippen LogP contribution in [0.3, 0.4) is 0 Å². The summed E-state index contributed by atoms with van der Waals surface area (Å²) >= 11 is 0. The molecule has 2 atom stereocenters. The van der Waals surface area contributed by atoms with Crippen molar-refractivity contribution in [2.75, 3.05) is 13.2 Å². The van der Waals surface area contributed by atoms with Crippen LogP contribution < -0.4 is 0 Å². The first kappa shape index (κ1) is 31.2. The number of benzene rings is 2. The topological polar surface area (TPSA) is 80.9 Å². The third-order valence-corrected chi connectivity index (χ3v) is 8.45. The third kappa shape index (κ3) is 7.27. The molecule has 0 amide bonds. The summed E-state index contributed by atoms with van der Waals surface area (Å²) in [4.78, 5) is 0. The van der Waals surface area contributed by atoms with Crippen molar-refractivity contribution < 1.29 is 20.4 Å². The van der Waals surface area contributed by atoms with E-state index in [1.807, 2.05) is 0 Å². The molecule has 0 saturated heterocycles. The molecule has 2 aromatic rings. The number of aromatic hydroxyl groups is 2. The number of allylic oxidation sites excluding steroid dienone is 2. The van der Waals surface area contributed by atoms with Crippen LogP contribution in [0.2, 0.25) is 0 Å². The molecule has 2 aromatic carbocycles. The third-order valence-electron chi connectivity index (χ3n) is 8.45. The monoisotopic (exact) mass is 536 g/mol. The van der Waals surface area contributed by atoms with Gasteiger partial charge in [-0.25, -0.2) is 0 Å². The summed E-state index contributed by atoms with van der Waals surface area (Å²) in [6.45, 7) is 17.4. The van der Waals surface area contributed by atoms with E-state index in [2.05, 4.69) is 85.7 Å². The quantitative estimate of drug-likeness (QED) is 0.248. The molecular formula is C35H52O4. The molecule has 39 heavy (non-hydrogen) atoms. The maximum Gasteiger partial charge on any atom is 0.123 e. The highest BCUT2D eigenvalue weighted by Crippen LogP contribution is 2.51. The van der Waals surface area contributed by atoms with Crippen LogP contribution in [-0.2, 0) is 23.7 Å². The van der Waals surface area contributed by atoms with Gasteiger partial charge in [0.1, 0.15) is 11.5 Å². The van der Waals surface area contributed by atoms with Crippen LogP contribution >= 0.6 is 0 Å². The number of phenols is 2. The van der Waals surface area contributed by atoms with E-state index < -0.39 is 0 Å². The van der Waals surface area contributed by atoms with Crippen LogP contribution in [0, 0.1) is 11.8 Å². The summed E-state index contributed by atoms with van der Waals surface area (Å²) in [7, 11) is 0. The van der Waals surface area contributed by atoms with E-state index in [0.29, 0.717) is 24.3 Å². The lowest BCUT2D eigenvalue weighted by Gasteiger charge is -2.37. The summed E-state index contributed by atoms with van der Waals surface area (Å²) in [6.07, 6.45) is 7.12. The maximum absolute atomic E-state index is 11.9. The lowest BCUT2D eigenvalue weighted by Crippen LogP contribution is -2.25. The number of aliphatic hydroxyl groups is 2. The lowest BCUT2D eigenvalue weighted by molar-refractivity contribution is 0.288. The van der Waals surface area contributed by atoms with E-state index in [1.54, 1.807) is 0 Å². The molecule has 0 fully saturated rings. The van der Waals surface area contributed by atoms with Gasteiger partial charge in [0.2, 0.25) is 0 Å². The second-order valence-corrected chi connectivity index (χ2v) is 13.9. The highest BCUT2D eigenvalue weighted by molar-refractivity contribution is 5.57. The van der Waals surface area contributed by atoms with E-state index in [0.717, 1.165) is 59.1 Å². The van der Waals surface area contributed by atoms with E-state index >= 15 is 0 Å². The molecule has 0 bridgehead atoms. The molecule has 4 N–H and O–H groups in total. The molecular weight excluding hydrogens is 484 g/mol. The maximum atomic E-state index is 11.9. The normalized spacial score (nSPS) is 18.5. The predicted molar refractivity (Wildman–Crippen MR) is 162 cm³/mol. The Hall–Kier alpha value is -2.30. The zero-order valence-electron chi connectivity index (χ0n) is 25.6. The Bertz CT molecular complexity index is 1090. The van der Waals surface area contributed by atoms with Crippen LogP contribution in [0.5, 0.6) is 11.5 Å². The van der Waals surface area contributed by atoms with Crippen LogP contribution in [0.25, 0.3) is 0 Å². The second kappa shape index (κ2) is 12.5. The minimum atomic E-state index is -0.269. The van der Waals surface area contributed by atoms with Gasteiger partial charge in [-0.05, 0) is 90.4 Å². The average Bonchev–Trinajstić information content (AvgIpc) is 2.83. The molecule has 0 aromatic heterocycles. The molecule has 1 aliphatic carbocycles. The van der Waals surface area contributed by atoms with Gasteiger partial charge in [-0.1, -0.05) is 84.4 Å². The molecule has 2 unspecified atom stereocenters. The van der Waals surface area contributed by atoms with Gasteiger partial charge in [-0.15, -0.1) is 0 Å². The molecule has 1 aliphatic rings. The van der Waals surface area contributed by atoms with Gasteiger partial charge in [0.05, 0.1) is 0 Å². The van der Waals surface area contributed by atoms with Crippen molar-refractivity contribution in [1.82, 2.24) is 0 Å². The number of hydrogen-bond acceptors (Lipinski definition) is 4. The standard InChI is InChI=1S/C35H52O4/c1-22-13-14-26(23(2)17-22)31(27-18-24(11-9-15-36)20-29(32(27)38)34(3,4)5)28-19-25(12-10-16-37)21-30(33(28)39)35(6,7)8/h17-21,23,26,31,36-39H,9-16H2,1-8H3. The van der Waals surface area contributed by atoms with Crippen LogP contribution in [-0.4, -0.2) is 33.6 Å². The van der Waals surface area contributed by atoms with E-state index in [1.165, 1.54) is 5.57 Å². The van der Waals surface area contributed by atoms with Crippen LogP contribution in [0.15, 0.2) is 35.9 Å². The van der Waals surface area contributed by atoms with Gasteiger partial charge in [0, 0.05) is 30.3 Å². The Morgan fingerprint density at radius 3 is 1.56 bits per heavy atom. The summed E-state index contributed by atoms with van der Waals surface area (Å²) < 4.78 is 0. The van der Waals surface area contributed by atoms with E-state index in [-0.39, 0.29) is 41.8 Å². The smallest absolute Gasteiger partial charge is 0.123 e. The number of aryl methyl sites for hydroxylation is 2. The van der Waals surface area contributed by atoms with Gasteiger partial charge in [0.15, 0.2) is 0 Å². The van der Waals surface area contributed by atoms with Gasteiger partial charge in [-0.2, -0.15) is 0 Å². The first-order valence-electron chi connectivity index (χ1n) is 14.8. The molecule has 216 valence electrons. The zero-order chi connectivity index (χ0) is 29.1. The molecule has 3 rings (SSSR count). The summed E-state index contributed by atoms with van der Waals surface area (Å²) in [5.74, 6) is 0.912. The summed E-state index contributed by atoms with van der Waals surface area (Å²) in [5.41, 5.74) is 6.61. The molecule has 4 heteroatoms. The summed E-state index contributed by atoms with van der Waals surface area (Å²) in [5, 5.41) is 43.0. The van der Waals surface area contributed by atoms with Gasteiger partial charge in [-0.3, -0.25) is 0 Å². The fourth-order valence-electron chi connectivity index (χ4n) is 6.32. The average molecular weight is 537 g/mol. The predicted octanol–water partition coefficient (Wildman–Crippen LogP) is 7.67. The largest absolute Gasteiger partial charge is 0.507 e. The lowest BCUT2D eigenvalue weighted by atomic mass is 9.67. The van der Waals surface area contributed by atoms with Crippen molar-refractivity contribution in [3.63, 3.8) is 0 Å². The van der Waals surface area contributed by atoms with Crippen molar-refractivity contribution >= 4 is 0 Å². The molecule has 0 spiro atoms. The molecule has 0 radical (unpaired) electrons. The van der Waals surface area contributed by atoms with Crippen LogP contribution in [0.4, 0.5) is 0 Å². The number of rotatable bonds is 9. The fraction of sp³-hybridized carbons (Fsp3) is 0.600. The van der Waals surface area contributed by atoms with Crippen molar-refractivity contribution in [3.05, 3.63) is 69.3 Å². The Balaban J connectivity index is 2.39. The number of aliphatic hydroxyl groups excluding tert-OH is 2. The Morgan fingerprint density at radius 2 is 1.21 bits per heavy atom. The van der Waals surface area contributed by atoms with Gasteiger partial charge >= 0.3 is 0 Å². The first-order chi connectivity index (χ1) is 18.2. The molecule has 0 aliphatic heterocycles. The number of hydrogen-bond donors (Lipinski definition) is 4. The van der Waals surface area contributed by atoms with Crippen molar-refractivity contribution in [2.45, 2.75) is 111 Å². The molecule has 0 heterocycles. The Morgan fingerprint density at radius 1 is 0.769 bits per heavy atom. The highest BCUT2D eigenvalue weighted by atomic mass is 16.3. The SMILES string of the molecule is CC1=CC(C)C(C(c2cc(CCCO)cc(C(C)(C)C)c2O)c2cc(CCCO)cc(C(C)(C)C)c2O)CC1. The Labute approximate surface area is 236 Å². The van der Waals surface area contributed by atoms with Crippen molar-refractivity contribution in [1.29, 1.82) is 0 Å². The summed E-state index contributed by atoms with van der Waals surface area (Å²) in [6, 6.07) is 8.44. The van der Waals surface area contributed by atoms with Crippen molar-refractivity contribution in [2.24, 2.45) is 11.8 Å². The van der Waals surface area contributed by atoms with Gasteiger partial charge < -0.3 is 20.4 Å². The highest BCUT2D eigenvalue weighted by Gasteiger charge is 2.37. The van der Waals surface area contributed by atoms with E-state index in [9.17, 15) is 20.4 Å². The minimum Gasteiger partial charge on any atom is -0.507 e. The number of phenolic OH excluding ortho intramolecular Hbond substituents is 2. The first-order valence-corrected chi connectivity index (χ1v) is 14.8. The van der Waals surface area contributed by atoms with Crippen LogP contribution in [0.1, 0.15) is 120 Å². The molecule has 0 saturated carbocycles. The fourth-order valence-corrected chi connectivity index (χ4v) is 6.32. The minimum absolute atomic E-state index is 0.122. The molecule has 4 nitrogen and oxygen atoms in total.